The van der Waals surface area contributed by atoms with Gasteiger partial charge in [0.2, 0.25) is 10.0 Å². The van der Waals surface area contributed by atoms with E-state index >= 15 is 0 Å². The summed E-state index contributed by atoms with van der Waals surface area (Å²) in [4.78, 5) is 0.347. The molecule has 0 saturated carbocycles. The average molecular weight is 270 g/mol. The Morgan fingerprint density at radius 2 is 1.78 bits per heavy atom. The largest absolute Gasteiger partial charge is 0.399 e. The minimum absolute atomic E-state index is 0.328. The van der Waals surface area contributed by atoms with E-state index in [1.165, 1.54) is 0 Å². The molecule has 1 aromatic rings. The van der Waals surface area contributed by atoms with Crippen LogP contribution in [-0.2, 0) is 10.0 Å². The van der Waals surface area contributed by atoms with Crippen molar-refractivity contribution < 1.29 is 8.42 Å². The molecule has 4 nitrogen and oxygen atoms in total. The molecule has 0 radical (unpaired) electrons. The Morgan fingerprint density at radius 1 is 1.28 bits per heavy atom. The molecule has 0 aliphatic heterocycles. The van der Waals surface area contributed by atoms with Crippen molar-refractivity contribution in [2.45, 2.75) is 39.0 Å². The van der Waals surface area contributed by atoms with Crippen LogP contribution in [0.1, 0.15) is 31.4 Å². The number of sulfonamides is 1. The number of nitrogen functional groups attached to an aromatic ring is 1. The van der Waals surface area contributed by atoms with Gasteiger partial charge in [0, 0.05) is 12.2 Å². The summed E-state index contributed by atoms with van der Waals surface area (Å²) in [5.41, 5.74) is 7.66. The lowest BCUT2D eigenvalue weighted by Gasteiger charge is -2.15. The van der Waals surface area contributed by atoms with Gasteiger partial charge in [-0.1, -0.05) is 20.3 Å². The predicted molar refractivity (Wildman–Crippen MR) is 75.0 cm³/mol. The van der Waals surface area contributed by atoms with Crippen LogP contribution < -0.4 is 10.5 Å². The lowest BCUT2D eigenvalue weighted by molar-refractivity contribution is 0.528. The molecule has 1 aromatic carbocycles. The first kappa shape index (κ1) is 15.0. The van der Waals surface area contributed by atoms with Crippen LogP contribution in [-0.4, -0.2) is 15.0 Å². The van der Waals surface area contributed by atoms with Gasteiger partial charge >= 0.3 is 0 Å². The van der Waals surface area contributed by atoms with Gasteiger partial charge in [-0.05, 0) is 43.0 Å². The van der Waals surface area contributed by atoms with E-state index in [1.807, 2.05) is 13.8 Å². The number of benzene rings is 1. The van der Waals surface area contributed by atoms with E-state index in [-0.39, 0.29) is 0 Å². The van der Waals surface area contributed by atoms with Crippen molar-refractivity contribution in [2.75, 3.05) is 12.3 Å². The van der Waals surface area contributed by atoms with Crippen LogP contribution in [0.25, 0.3) is 0 Å². The zero-order valence-corrected chi connectivity index (χ0v) is 12.3. The Morgan fingerprint density at radius 3 is 2.22 bits per heavy atom. The van der Waals surface area contributed by atoms with E-state index in [2.05, 4.69) is 4.72 Å². The molecular weight excluding hydrogens is 248 g/mol. The molecule has 5 heteroatoms. The van der Waals surface area contributed by atoms with Gasteiger partial charge in [0.15, 0.2) is 0 Å². The number of rotatable bonds is 5. The molecule has 0 saturated heterocycles. The minimum Gasteiger partial charge on any atom is -0.399 e. The normalized spacial score (nSPS) is 13.6. The molecule has 0 amide bonds. The molecule has 102 valence electrons. The fraction of sp³-hybridized carbons (Fsp3) is 0.538. The molecule has 0 aliphatic rings. The summed E-state index contributed by atoms with van der Waals surface area (Å²) >= 11 is 0. The minimum atomic E-state index is -3.45. The number of nitrogens with two attached hydrogens (primary N) is 1. The summed E-state index contributed by atoms with van der Waals surface area (Å²) in [5.74, 6) is 0.328. The van der Waals surface area contributed by atoms with Gasteiger partial charge in [0.25, 0.3) is 0 Å². The molecule has 0 fully saturated rings. The highest BCUT2D eigenvalue weighted by Gasteiger charge is 2.20. The van der Waals surface area contributed by atoms with Crippen molar-refractivity contribution in [3.05, 3.63) is 23.3 Å². The summed E-state index contributed by atoms with van der Waals surface area (Å²) < 4.78 is 27.2. The first-order valence-electron chi connectivity index (χ1n) is 6.14. The number of anilines is 1. The van der Waals surface area contributed by atoms with Gasteiger partial charge < -0.3 is 5.73 Å². The molecule has 1 rings (SSSR count). The van der Waals surface area contributed by atoms with Crippen molar-refractivity contribution in [3.8, 4) is 0 Å². The number of hydrogen-bond acceptors (Lipinski definition) is 3. The monoisotopic (exact) mass is 270 g/mol. The second kappa shape index (κ2) is 5.71. The van der Waals surface area contributed by atoms with Gasteiger partial charge in [-0.15, -0.1) is 0 Å². The molecule has 0 spiro atoms. The number of nitrogens with one attached hydrogen (secondary N) is 1. The fourth-order valence-corrected chi connectivity index (χ4v) is 3.49. The molecule has 3 N–H and O–H groups in total. The molecular formula is C13H22N2O2S. The highest BCUT2D eigenvalue weighted by molar-refractivity contribution is 7.89. The summed E-state index contributed by atoms with van der Waals surface area (Å²) in [7, 11) is -3.45. The predicted octanol–water partition coefficient (Wildman–Crippen LogP) is 2.21. The van der Waals surface area contributed by atoms with Gasteiger partial charge in [0.1, 0.15) is 0 Å². The summed E-state index contributed by atoms with van der Waals surface area (Å²) in [6.45, 7) is 8.05. The van der Waals surface area contributed by atoms with E-state index in [9.17, 15) is 8.42 Å². The molecule has 0 aromatic heterocycles. The second-order valence-electron chi connectivity index (χ2n) is 4.85. The Hall–Kier alpha value is -1.07. The molecule has 1 atom stereocenters. The van der Waals surface area contributed by atoms with Crippen molar-refractivity contribution in [3.63, 3.8) is 0 Å². The fourth-order valence-electron chi connectivity index (χ4n) is 1.88. The Kier molecular flexibility index (Phi) is 4.76. The topological polar surface area (TPSA) is 72.2 Å². The van der Waals surface area contributed by atoms with E-state index in [1.54, 1.807) is 26.0 Å². The molecule has 0 bridgehead atoms. The van der Waals surface area contributed by atoms with Crippen LogP contribution in [0.15, 0.2) is 17.0 Å². The summed E-state index contributed by atoms with van der Waals surface area (Å²) in [6.07, 6.45) is 0.947. The van der Waals surface area contributed by atoms with E-state index in [0.717, 1.165) is 6.42 Å². The molecule has 18 heavy (non-hydrogen) atoms. The third kappa shape index (κ3) is 3.46. The van der Waals surface area contributed by atoms with Crippen molar-refractivity contribution >= 4 is 15.7 Å². The summed E-state index contributed by atoms with van der Waals surface area (Å²) in [6, 6.07) is 3.37. The molecule has 0 heterocycles. The van der Waals surface area contributed by atoms with E-state index < -0.39 is 10.0 Å². The number of hydrogen-bond donors (Lipinski definition) is 2. The zero-order valence-electron chi connectivity index (χ0n) is 11.4. The third-order valence-electron chi connectivity index (χ3n) is 3.07. The Bertz CT molecular complexity index is 501. The van der Waals surface area contributed by atoms with Crippen LogP contribution in [0, 0.1) is 19.8 Å². The SMILES string of the molecule is CCC(C)CNS(=O)(=O)c1c(C)cc(N)cc1C. The van der Waals surface area contributed by atoms with Crippen LogP contribution >= 0.6 is 0 Å². The maximum Gasteiger partial charge on any atom is 0.241 e. The Balaban J connectivity index is 3.06. The van der Waals surface area contributed by atoms with E-state index in [0.29, 0.717) is 34.2 Å². The van der Waals surface area contributed by atoms with Crippen LogP contribution in [0.4, 0.5) is 5.69 Å². The van der Waals surface area contributed by atoms with Gasteiger partial charge in [-0.25, -0.2) is 13.1 Å². The lowest BCUT2D eigenvalue weighted by atomic mass is 10.1. The lowest BCUT2D eigenvalue weighted by Crippen LogP contribution is -2.29. The van der Waals surface area contributed by atoms with Gasteiger partial charge in [-0.2, -0.15) is 0 Å². The molecule has 1 unspecified atom stereocenters. The van der Waals surface area contributed by atoms with Gasteiger partial charge in [0.05, 0.1) is 4.90 Å². The maximum atomic E-state index is 12.3. The Labute approximate surface area is 110 Å². The van der Waals surface area contributed by atoms with Crippen molar-refractivity contribution in [1.29, 1.82) is 0 Å². The first-order chi connectivity index (χ1) is 8.27. The standard InChI is InChI=1S/C13H22N2O2S/c1-5-9(2)8-15-18(16,17)13-10(3)6-12(14)7-11(13)4/h6-7,9,15H,5,8,14H2,1-4H3. The van der Waals surface area contributed by atoms with Crippen LogP contribution in [0.3, 0.4) is 0 Å². The third-order valence-corrected chi connectivity index (χ3v) is 4.80. The van der Waals surface area contributed by atoms with Gasteiger partial charge in [-0.3, -0.25) is 0 Å². The van der Waals surface area contributed by atoms with Crippen LogP contribution in [0.5, 0.6) is 0 Å². The smallest absolute Gasteiger partial charge is 0.241 e. The highest BCUT2D eigenvalue weighted by Crippen LogP contribution is 2.22. The maximum absolute atomic E-state index is 12.3. The first-order valence-corrected chi connectivity index (χ1v) is 7.62. The summed E-state index contributed by atoms with van der Waals surface area (Å²) in [5, 5.41) is 0. The van der Waals surface area contributed by atoms with Crippen LogP contribution in [0.2, 0.25) is 0 Å². The van der Waals surface area contributed by atoms with Crippen molar-refractivity contribution in [1.82, 2.24) is 4.72 Å². The van der Waals surface area contributed by atoms with Crippen molar-refractivity contribution in [2.24, 2.45) is 5.92 Å². The zero-order chi connectivity index (χ0) is 13.9. The second-order valence-corrected chi connectivity index (χ2v) is 6.55. The molecule has 0 aliphatic carbocycles. The average Bonchev–Trinajstić information content (AvgIpc) is 2.24. The quantitative estimate of drug-likeness (QED) is 0.806. The number of aryl methyl sites for hydroxylation is 2. The highest BCUT2D eigenvalue weighted by atomic mass is 32.2. The van der Waals surface area contributed by atoms with E-state index in [4.69, 9.17) is 5.73 Å².